The van der Waals surface area contributed by atoms with Crippen molar-refractivity contribution in [2.75, 3.05) is 5.73 Å². The monoisotopic (exact) mass is 261 g/mol. The number of anilines is 1. The largest absolute Gasteiger partial charge is 0.391 e. The van der Waals surface area contributed by atoms with Crippen molar-refractivity contribution in [3.8, 4) is 11.1 Å². The zero-order valence-electron chi connectivity index (χ0n) is 9.54. The molecule has 0 aliphatic rings. The normalized spacial score (nSPS) is 10.2. The van der Waals surface area contributed by atoms with E-state index in [1.165, 1.54) is 24.3 Å². The van der Waals surface area contributed by atoms with Gasteiger partial charge in [-0.2, -0.15) is 0 Å². The lowest BCUT2D eigenvalue weighted by molar-refractivity contribution is -0.383. The van der Waals surface area contributed by atoms with E-state index in [-0.39, 0.29) is 22.5 Å². The van der Waals surface area contributed by atoms with Gasteiger partial charge < -0.3 is 5.73 Å². The third-order valence-electron chi connectivity index (χ3n) is 2.65. The quantitative estimate of drug-likeness (QED) is 0.396. The predicted octanol–water partition coefficient (Wildman–Crippen LogP) is 3.38. The molecule has 6 nitrogen and oxygen atoms in total. The lowest BCUT2D eigenvalue weighted by Gasteiger charge is -2.07. The van der Waals surface area contributed by atoms with Gasteiger partial charge in [0.25, 0.3) is 5.69 Å². The van der Waals surface area contributed by atoms with Crippen LogP contribution < -0.4 is 5.73 Å². The molecule has 0 unspecified atom stereocenters. The molecule has 0 aromatic heterocycles. The summed E-state index contributed by atoms with van der Waals surface area (Å²) in [4.78, 5) is 20.8. The Morgan fingerprint density at radius 2 is 1.84 bits per heavy atom. The second-order valence-corrected chi connectivity index (χ2v) is 3.72. The maximum Gasteiger partial charge on any atom is 0.294 e. The minimum Gasteiger partial charge on any atom is -0.391 e. The molecule has 0 saturated heterocycles. The molecule has 2 N–H and O–H groups in total. The molecule has 0 heterocycles. The summed E-state index contributed by atoms with van der Waals surface area (Å²) >= 11 is 0. The number of halogens is 1. The number of rotatable bonds is 3. The van der Waals surface area contributed by atoms with E-state index < -0.39 is 16.4 Å². The summed E-state index contributed by atoms with van der Waals surface area (Å²) in [6.45, 7) is 0. The van der Waals surface area contributed by atoms with Gasteiger partial charge in [-0.15, -0.1) is 4.91 Å². The first kappa shape index (κ1) is 12.6. The molecule has 96 valence electrons. The minimum atomic E-state index is -0.727. The molecule has 7 heteroatoms. The summed E-state index contributed by atoms with van der Waals surface area (Å²) < 4.78 is 13.7. The number of nitrogens with zero attached hydrogens (tertiary/aromatic N) is 2. The molecule has 0 amide bonds. The standard InChI is InChI=1S/C12H8FN3O3/c13-9-4-2-1-3-7(9)8-5-6-10(16(18)19)11(14)12(8)15-17/h1-6H,14H2. The van der Waals surface area contributed by atoms with Crippen molar-refractivity contribution >= 4 is 17.1 Å². The fourth-order valence-corrected chi connectivity index (χ4v) is 1.75. The molecule has 2 aromatic carbocycles. The van der Waals surface area contributed by atoms with Crippen molar-refractivity contribution in [3.63, 3.8) is 0 Å². The van der Waals surface area contributed by atoms with Gasteiger partial charge in [0.2, 0.25) is 0 Å². The average molecular weight is 261 g/mol. The highest BCUT2D eigenvalue weighted by molar-refractivity contribution is 5.88. The fraction of sp³-hybridized carbons (Fsp3) is 0. The summed E-state index contributed by atoms with van der Waals surface area (Å²) in [5.41, 5.74) is 4.61. The highest BCUT2D eigenvalue weighted by atomic mass is 19.1. The topological polar surface area (TPSA) is 98.6 Å². The van der Waals surface area contributed by atoms with Gasteiger partial charge in [-0.1, -0.05) is 18.2 Å². The number of nitrogen functional groups attached to an aromatic ring is 1. The van der Waals surface area contributed by atoms with Gasteiger partial charge in [0.15, 0.2) is 0 Å². The first-order chi connectivity index (χ1) is 9.06. The van der Waals surface area contributed by atoms with Crippen LogP contribution in [0.25, 0.3) is 11.1 Å². The van der Waals surface area contributed by atoms with Crippen LogP contribution in [0.4, 0.5) is 21.5 Å². The lowest BCUT2D eigenvalue weighted by atomic mass is 10.0. The molecule has 0 atom stereocenters. The van der Waals surface area contributed by atoms with Crippen LogP contribution in [0.1, 0.15) is 0 Å². The Morgan fingerprint density at radius 1 is 1.16 bits per heavy atom. The van der Waals surface area contributed by atoms with Crippen LogP contribution >= 0.6 is 0 Å². The van der Waals surface area contributed by atoms with Gasteiger partial charge in [0, 0.05) is 17.2 Å². The van der Waals surface area contributed by atoms with Gasteiger partial charge in [-0.3, -0.25) is 10.1 Å². The number of nitroso groups, excluding NO2 is 1. The van der Waals surface area contributed by atoms with E-state index in [9.17, 15) is 19.4 Å². The smallest absolute Gasteiger partial charge is 0.294 e. The second-order valence-electron chi connectivity index (χ2n) is 3.72. The number of nitro groups is 1. The van der Waals surface area contributed by atoms with Crippen molar-refractivity contribution in [1.29, 1.82) is 0 Å². The number of hydrogen-bond acceptors (Lipinski definition) is 5. The molecule has 2 aromatic rings. The van der Waals surface area contributed by atoms with Crippen molar-refractivity contribution in [3.05, 3.63) is 57.2 Å². The van der Waals surface area contributed by atoms with E-state index in [4.69, 9.17) is 5.73 Å². The maximum absolute atomic E-state index is 13.7. The molecule has 0 fully saturated rings. The second kappa shape index (κ2) is 4.81. The Hall–Kier alpha value is -2.83. The van der Waals surface area contributed by atoms with Crippen molar-refractivity contribution in [2.45, 2.75) is 0 Å². The van der Waals surface area contributed by atoms with Crippen LogP contribution in [0, 0.1) is 20.8 Å². The number of hydrogen-bond donors (Lipinski definition) is 1. The number of nitrogens with two attached hydrogens (primary N) is 1. The first-order valence-electron chi connectivity index (χ1n) is 5.21. The third-order valence-corrected chi connectivity index (χ3v) is 2.65. The Labute approximate surface area is 106 Å². The highest BCUT2D eigenvalue weighted by Crippen LogP contribution is 2.40. The fourth-order valence-electron chi connectivity index (χ4n) is 1.75. The maximum atomic E-state index is 13.7. The Morgan fingerprint density at radius 3 is 2.42 bits per heavy atom. The van der Waals surface area contributed by atoms with Crippen molar-refractivity contribution in [1.82, 2.24) is 0 Å². The van der Waals surface area contributed by atoms with E-state index >= 15 is 0 Å². The average Bonchev–Trinajstić information content (AvgIpc) is 2.38. The molecule has 19 heavy (non-hydrogen) atoms. The van der Waals surface area contributed by atoms with Gasteiger partial charge in [0.1, 0.15) is 17.2 Å². The van der Waals surface area contributed by atoms with E-state index in [0.717, 1.165) is 6.07 Å². The summed E-state index contributed by atoms with van der Waals surface area (Å²) in [6, 6.07) is 8.08. The van der Waals surface area contributed by atoms with Crippen LogP contribution in [-0.4, -0.2) is 4.92 Å². The highest BCUT2D eigenvalue weighted by Gasteiger charge is 2.21. The van der Waals surface area contributed by atoms with Gasteiger partial charge in [-0.25, -0.2) is 4.39 Å². The van der Waals surface area contributed by atoms with Gasteiger partial charge in [0.05, 0.1) is 4.92 Å². The number of nitro benzene ring substituents is 1. The molecule has 0 aliphatic carbocycles. The van der Waals surface area contributed by atoms with E-state index in [2.05, 4.69) is 5.18 Å². The van der Waals surface area contributed by atoms with Crippen LogP contribution in [0.5, 0.6) is 0 Å². The zero-order valence-corrected chi connectivity index (χ0v) is 9.54. The summed E-state index contributed by atoms with van der Waals surface area (Å²) in [5, 5.41) is 13.4. The van der Waals surface area contributed by atoms with Crippen LogP contribution in [0.15, 0.2) is 41.6 Å². The molecule has 0 aliphatic heterocycles. The summed E-state index contributed by atoms with van der Waals surface area (Å²) in [7, 11) is 0. The Bertz CT molecular complexity index is 673. The Balaban J connectivity index is 2.73. The molecular formula is C12H8FN3O3. The van der Waals surface area contributed by atoms with Crippen molar-refractivity contribution < 1.29 is 9.31 Å². The molecule has 0 radical (unpaired) electrons. The zero-order chi connectivity index (χ0) is 14.0. The molecule has 2 rings (SSSR count). The molecule has 0 saturated carbocycles. The summed E-state index contributed by atoms with van der Waals surface area (Å²) in [5.74, 6) is -0.569. The van der Waals surface area contributed by atoms with E-state index in [1.807, 2.05) is 0 Å². The minimum absolute atomic E-state index is 0.110. The third kappa shape index (κ3) is 2.13. The number of benzene rings is 2. The molecule has 0 spiro atoms. The van der Waals surface area contributed by atoms with E-state index in [1.54, 1.807) is 6.07 Å². The first-order valence-corrected chi connectivity index (χ1v) is 5.21. The molecule has 0 bridgehead atoms. The summed E-state index contributed by atoms with van der Waals surface area (Å²) in [6.07, 6.45) is 0. The van der Waals surface area contributed by atoms with Crippen LogP contribution in [0.3, 0.4) is 0 Å². The van der Waals surface area contributed by atoms with E-state index in [0.29, 0.717) is 0 Å². The predicted molar refractivity (Wildman–Crippen MR) is 68.4 cm³/mol. The van der Waals surface area contributed by atoms with Crippen LogP contribution in [-0.2, 0) is 0 Å². The Kier molecular flexibility index (Phi) is 3.19. The lowest BCUT2D eigenvalue weighted by Crippen LogP contribution is -1.97. The molecular weight excluding hydrogens is 253 g/mol. The SMILES string of the molecule is Nc1c([N+](=O)[O-])ccc(-c2ccccc2F)c1N=O. The van der Waals surface area contributed by atoms with Crippen LogP contribution in [0.2, 0.25) is 0 Å². The van der Waals surface area contributed by atoms with Crippen molar-refractivity contribution in [2.24, 2.45) is 5.18 Å². The van der Waals surface area contributed by atoms with Gasteiger partial charge in [-0.05, 0) is 17.3 Å². The van der Waals surface area contributed by atoms with Gasteiger partial charge >= 0.3 is 0 Å².